The van der Waals surface area contributed by atoms with E-state index in [2.05, 4.69) is 19.9 Å². The largest absolute Gasteiger partial charge is 0.493 e. The lowest BCUT2D eigenvalue weighted by Gasteiger charge is -2.14. The molecule has 23 heavy (non-hydrogen) atoms. The number of methoxy groups -OCH3 is 2. The Morgan fingerprint density at radius 3 is 1.91 bits per heavy atom. The third kappa shape index (κ3) is 4.81. The molecule has 0 N–H and O–H groups in total. The van der Waals surface area contributed by atoms with Gasteiger partial charge in [0, 0.05) is 6.42 Å². The van der Waals surface area contributed by atoms with E-state index < -0.39 is 0 Å². The van der Waals surface area contributed by atoms with Gasteiger partial charge < -0.3 is 18.9 Å². The lowest BCUT2D eigenvalue weighted by atomic mass is 10.1. The first-order valence-corrected chi connectivity index (χ1v) is 7.69. The van der Waals surface area contributed by atoms with Crippen LogP contribution in [0.25, 0.3) is 0 Å². The molecule has 4 heteroatoms. The Kier molecular flexibility index (Phi) is 6.15. The van der Waals surface area contributed by atoms with Crippen molar-refractivity contribution in [1.82, 2.24) is 0 Å². The molecule has 0 amide bonds. The molecule has 0 aliphatic carbocycles. The summed E-state index contributed by atoms with van der Waals surface area (Å²) in [6.07, 6.45) is 0.772. The van der Waals surface area contributed by atoms with Crippen molar-refractivity contribution in [3.63, 3.8) is 0 Å². The highest BCUT2D eigenvalue weighted by molar-refractivity contribution is 5.51. The highest BCUT2D eigenvalue weighted by atomic mass is 16.5. The summed E-state index contributed by atoms with van der Waals surface area (Å²) in [6.45, 7) is 5.26. The highest BCUT2D eigenvalue weighted by Crippen LogP contribution is 2.36. The third-order valence-corrected chi connectivity index (χ3v) is 3.38. The van der Waals surface area contributed by atoms with Crippen LogP contribution in [0.2, 0.25) is 0 Å². The second-order valence-electron chi connectivity index (χ2n) is 5.37. The van der Waals surface area contributed by atoms with Gasteiger partial charge in [-0.1, -0.05) is 12.1 Å². The molecule has 0 spiro atoms. The number of aryl methyl sites for hydroxylation is 2. The van der Waals surface area contributed by atoms with E-state index in [4.69, 9.17) is 18.9 Å². The predicted molar refractivity (Wildman–Crippen MR) is 91.1 cm³/mol. The molecule has 0 bridgehead atoms. The van der Waals surface area contributed by atoms with Crippen molar-refractivity contribution in [2.24, 2.45) is 0 Å². The molecule has 0 saturated carbocycles. The summed E-state index contributed by atoms with van der Waals surface area (Å²) >= 11 is 0. The SMILES string of the molecule is COc1cccc(OC)c1OCCCOc1cc(C)cc(C)c1. The minimum absolute atomic E-state index is 0.529. The van der Waals surface area contributed by atoms with Crippen molar-refractivity contribution in [3.8, 4) is 23.0 Å². The van der Waals surface area contributed by atoms with Crippen LogP contribution in [-0.4, -0.2) is 27.4 Å². The Balaban J connectivity index is 1.84. The van der Waals surface area contributed by atoms with E-state index in [9.17, 15) is 0 Å². The summed E-state index contributed by atoms with van der Waals surface area (Å²) in [6, 6.07) is 11.8. The van der Waals surface area contributed by atoms with Gasteiger partial charge in [-0.3, -0.25) is 0 Å². The number of hydrogen-bond donors (Lipinski definition) is 0. The number of benzene rings is 2. The first kappa shape index (κ1) is 17.0. The van der Waals surface area contributed by atoms with Crippen LogP contribution in [0, 0.1) is 13.8 Å². The van der Waals surface area contributed by atoms with Crippen molar-refractivity contribution in [3.05, 3.63) is 47.5 Å². The summed E-state index contributed by atoms with van der Waals surface area (Å²) in [5.74, 6) is 2.86. The van der Waals surface area contributed by atoms with Crippen molar-refractivity contribution in [1.29, 1.82) is 0 Å². The number of para-hydroxylation sites is 1. The molecular weight excluding hydrogens is 292 g/mol. The van der Waals surface area contributed by atoms with Crippen molar-refractivity contribution >= 4 is 0 Å². The Hall–Kier alpha value is -2.36. The molecule has 0 atom stereocenters. The topological polar surface area (TPSA) is 36.9 Å². The van der Waals surface area contributed by atoms with Gasteiger partial charge in [0.1, 0.15) is 5.75 Å². The zero-order valence-corrected chi connectivity index (χ0v) is 14.2. The van der Waals surface area contributed by atoms with E-state index in [1.807, 2.05) is 30.3 Å². The van der Waals surface area contributed by atoms with Crippen molar-refractivity contribution in [2.75, 3.05) is 27.4 Å². The van der Waals surface area contributed by atoms with Gasteiger partial charge in [0.2, 0.25) is 5.75 Å². The van der Waals surface area contributed by atoms with Gasteiger partial charge in [-0.05, 0) is 49.2 Å². The van der Waals surface area contributed by atoms with Crippen molar-refractivity contribution in [2.45, 2.75) is 20.3 Å². The van der Waals surface area contributed by atoms with E-state index in [0.717, 1.165) is 12.2 Å². The van der Waals surface area contributed by atoms with Gasteiger partial charge in [-0.15, -0.1) is 0 Å². The smallest absolute Gasteiger partial charge is 0.203 e. The van der Waals surface area contributed by atoms with Gasteiger partial charge in [0.15, 0.2) is 11.5 Å². The number of ether oxygens (including phenoxy) is 4. The lowest BCUT2D eigenvalue weighted by molar-refractivity contribution is 0.232. The summed E-state index contributed by atoms with van der Waals surface area (Å²) in [7, 11) is 3.23. The van der Waals surface area contributed by atoms with Crippen LogP contribution in [0.3, 0.4) is 0 Å². The quantitative estimate of drug-likeness (QED) is 0.685. The molecule has 0 unspecified atom stereocenters. The third-order valence-electron chi connectivity index (χ3n) is 3.38. The van der Waals surface area contributed by atoms with E-state index in [0.29, 0.717) is 30.5 Å². The molecule has 4 nitrogen and oxygen atoms in total. The fourth-order valence-corrected chi connectivity index (χ4v) is 2.40. The summed E-state index contributed by atoms with van der Waals surface area (Å²) in [5, 5.41) is 0. The molecule has 0 fully saturated rings. The first-order valence-electron chi connectivity index (χ1n) is 7.69. The maximum Gasteiger partial charge on any atom is 0.203 e. The van der Waals surface area contributed by atoms with Crippen LogP contribution < -0.4 is 18.9 Å². The molecule has 0 aromatic heterocycles. The summed E-state index contributed by atoms with van der Waals surface area (Å²) < 4.78 is 22.2. The number of hydrogen-bond acceptors (Lipinski definition) is 4. The molecule has 0 radical (unpaired) electrons. The summed E-state index contributed by atoms with van der Waals surface area (Å²) in [4.78, 5) is 0. The second-order valence-corrected chi connectivity index (χ2v) is 5.37. The standard InChI is InChI=1S/C19H24O4/c1-14-11-15(2)13-16(12-14)22-9-6-10-23-19-17(20-3)7-5-8-18(19)21-4/h5,7-8,11-13H,6,9-10H2,1-4H3. The minimum atomic E-state index is 0.529. The second kappa shape index (κ2) is 8.32. The summed E-state index contributed by atoms with van der Waals surface area (Å²) in [5.41, 5.74) is 2.41. The van der Waals surface area contributed by atoms with E-state index in [-0.39, 0.29) is 0 Å². The van der Waals surface area contributed by atoms with Crippen LogP contribution in [0.1, 0.15) is 17.5 Å². The fourth-order valence-electron chi connectivity index (χ4n) is 2.40. The Bertz CT molecular complexity index is 595. The molecular formula is C19H24O4. The highest BCUT2D eigenvalue weighted by Gasteiger charge is 2.10. The molecule has 2 aromatic carbocycles. The average molecular weight is 316 g/mol. The Morgan fingerprint density at radius 2 is 1.35 bits per heavy atom. The zero-order chi connectivity index (χ0) is 16.7. The normalized spacial score (nSPS) is 10.3. The molecule has 0 heterocycles. The molecule has 0 aliphatic heterocycles. The van der Waals surface area contributed by atoms with Crippen LogP contribution in [-0.2, 0) is 0 Å². The van der Waals surface area contributed by atoms with Gasteiger partial charge in [-0.2, -0.15) is 0 Å². The molecule has 124 valence electrons. The molecule has 2 rings (SSSR count). The molecule has 0 aliphatic rings. The van der Waals surface area contributed by atoms with Crippen molar-refractivity contribution < 1.29 is 18.9 Å². The maximum absolute atomic E-state index is 5.81. The minimum Gasteiger partial charge on any atom is -0.493 e. The van der Waals surface area contributed by atoms with Gasteiger partial charge in [0.05, 0.1) is 27.4 Å². The molecule has 0 saturated heterocycles. The van der Waals surface area contributed by atoms with Gasteiger partial charge >= 0.3 is 0 Å². The lowest BCUT2D eigenvalue weighted by Crippen LogP contribution is -2.06. The molecule has 2 aromatic rings. The van der Waals surface area contributed by atoms with Crippen LogP contribution in [0.5, 0.6) is 23.0 Å². The first-order chi connectivity index (χ1) is 11.1. The van der Waals surface area contributed by atoms with Gasteiger partial charge in [-0.25, -0.2) is 0 Å². The monoisotopic (exact) mass is 316 g/mol. The van der Waals surface area contributed by atoms with E-state index >= 15 is 0 Å². The van der Waals surface area contributed by atoms with Crippen LogP contribution >= 0.6 is 0 Å². The Labute approximate surface area is 137 Å². The zero-order valence-electron chi connectivity index (χ0n) is 14.2. The fraction of sp³-hybridized carbons (Fsp3) is 0.368. The van der Waals surface area contributed by atoms with Crippen LogP contribution in [0.4, 0.5) is 0 Å². The van der Waals surface area contributed by atoms with E-state index in [1.54, 1.807) is 14.2 Å². The van der Waals surface area contributed by atoms with Gasteiger partial charge in [0.25, 0.3) is 0 Å². The maximum atomic E-state index is 5.81. The predicted octanol–water partition coefficient (Wildman–Crippen LogP) is 4.17. The van der Waals surface area contributed by atoms with E-state index in [1.165, 1.54) is 11.1 Å². The average Bonchev–Trinajstić information content (AvgIpc) is 2.53. The van der Waals surface area contributed by atoms with Crippen LogP contribution in [0.15, 0.2) is 36.4 Å². The Morgan fingerprint density at radius 1 is 0.783 bits per heavy atom. The number of rotatable bonds is 8.